The van der Waals surface area contributed by atoms with Gasteiger partial charge in [0.05, 0.1) is 16.3 Å². The molecular formula is C16H21N3OS. The standard InChI is InChI=1S/C16H21N3OS/c1-12(20)17-9-11-19-10-5-4-7-14(19)16-18-13-6-2-3-8-15(13)21-16/h2-3,6,8,14H,4-5,7,9-11H2,1H3,(H,17,20)/t14-/m0/s1. The number of piperidine rings is 1. The number of nitrogens with zero attached hydrogens (tertiary/aromatic N) is 2. The van der Waals surface area contributed by atoms with Gasteiger partial charge in [0, 0.05) is 20.0 Å². The average Bonchev–Trinajstić information content (AvgIpc) is 2.91. The van der Waals surface area contributed by atoms with Gasteiger partial charge in [0.1, 0.15) is 5.01 Å². The first-order valence-electron chi connectivity index (χ1n) is 7.58. The van der Waals surface area contributed by atoms with Crippen molar-refractivity contribution in [3.63, 3.8) is 0 Å². The van der Waals surface area contributed by atoms with E-state index in [0.29, 0.717) is 6.04 Å². The molecule has 1 amide bonds. The summed E-state index contributed by atoms with van der Waals surface area (Å²) in [5, 5.41) is 4.11. The molecule has 0 bridgehead atoms. The van der Waals surface area contributed by atoms with Gasteiger partial charge < -0.3 is 5.32 Å². The van der Waals surface area contributed by atoms with E-state index < -0.39 is 0 Å². The van der Waals surface area contributed by atoms with Crippen molar-refractivity contribution in [3.8, 4) is 0 Å². The Bertz CT molecular complexity index is 592. The highest BCUT2D eigenvalue weighted by Gasteiger charge is 2.26. The summed E-state index contributed by atoms with van der Waals surface area (Å²) in [6, 6.07) is 8.74. The Kier molecular flexibility index (Phi) is 4.51. The maximum absolute atomic E-state index is 11.0. The van der Waals surface area contributed by atoms with Crippen molar-refractivity contribution >= 4 is 27.5 Å². The number of hydrogen-bond donors (Lipinski definition) is 1. The smallest absolute Gasteiger partial charge is 0.216 e. The predicted molar refractivity (Wildman–Crippen MR) is 86.5 cm³/mol. The summed E-state index contributed by atoms with van der Waals surface area (Å²) in [4.78, 5) is 18.3. The van der Waals surface area contributed by atoms with Crippen LogP contribution in [0.15, 0.2) is 24.3 Å². The molecule has 1 saturated heterocycles. The molecule has 0 spiro atoms. The van der Waals surface area contributed by atoms with Crippen LogP contribution in [0.5, 0.6) is 0 Å². The minimum atomic E-state index is 0.0450. The zero-order valence-electron chi connectivity index (χ0n) is 12.3. The molecule has 2 heterocycles. The zero-order valence-corrected chi connectivity index (χ0v) is 13.2. The van der Waals surface area contributed by atoms with Crippen LogP contribution < -0.4 is 5.32 Å². The Morgan fingerprint density at radius 1 is 1.43 bits per heavy atom. The molecular weight excluding hydrogens is 282 g/mol. The second-order valence-electron chi connectivity index (χ2n) is 5.55. The molecule has 1 atom stereocenters. The molecule has 0 radical (unpaired) electrons. The van der Waals surface area contributed by atoms with Gasteiger partial charge in [-0.2, -0.15) is 0 Å². The Morgan fingerprint density at radius 2 is 2.29 bits per heavy atom. The summed E-state index contributed by atoms with van der Waals surface area (Å²) in [7, 11) is 0. The SMILES string of the molecule is CC(=O)NCCN1CCCC[C@H]1c1nc2ccccc2s1. The summed E-state index contributed by atoms with van der Waals surface area (Å²) in [5.41, 5.74) is 1.10. The number of rotatable bonds is 4. The Morgan fingerprint density at radius 3 is 3.10 bits per heavy atom. The van der Waals surface area contributed by atoms with Gasteiger partial charge in [-0.05, 0) is 31.5 Å². The Hall–Kier alpha value is -1.46. The van der Waals surface area contributed by atoms with Gasteiger partial charge in [0.15, 0.2) is 0 Å². The third-order valence-corrected chi connectivity index (χ3v) is 5.12. The van der Waals surface area contributed by atoms with Crippen LogP contribution in [0.4, 0.5) is 0 Å². The molecule has 112 valence electrons. The van der Waals surface area contributed by atoms with Crippen LogP contribution in [0.2, 0.25) is 0 Å². The quantitative estimate of drug-likeness (QED) is 0.944. The maximum Gasteiger partial charge on any atom is 0.216 e. The molecule has 1 aliphatic heterocycles. The third-order valence-electron chi connectivity index (χ3n) is 3.98. The minimum Gasteiger partial charge on any atom is -0.355 e. The van der Waals surface area contributed by atoms with Crippen molar-refractivity contribution in [2.45, 2.75) is 32.2 Å². The second-order valence-corrected chi connectivity index (χ2v) is 6.61. The number of carbonyl (C=O) groups excluding carboxylic acids is 1. The van der Waals surface area contributed by atoms with Gasteiger partial charge in [-0.3, -0.25) is 9.69 Å². The molecule has 1 aromatic heterocycles. The van der Waals surface area contributed by atoms with Crippen molar-refractivity contribution in [2.75, 3.05) is 19.6 Å². The van der Waals surface area contributed by atoms with Crippen molar-refractivity contribution in [2.24, 2.45) is 0 Å². The Balaban J connectivity index is 1.75. The summed E-state index contributed by atoms with van der Waals surface area (Å²) < 4.78 is 1.26. The van der Waals surface area contributed by atoms with E-state index in [1.165, 1.54) is 29.0 Å². The molecule has 1 aromatic carbocycles. The molecule has 0 aliphatic carbocycles. The molecule has 21 heavy (non-hydrogen) atoms. The van der Waals surface area contributed by atoms with Crippen molar-refractivity contribution < 1.29 is 4.79 Å². The van der Waals surface area contributed by atoms with E-state index in [2.05, 4.69) is 28.4 Å². The number of nitrogens with one attached hydrogen (secondary N) is 1. The molecule has 0 unspecified atom stereocenters. The van der Waals surface area contributed by atoms with Crippen molar-refractivity contribution in [1.29, 1.82) is 0 Å². The lowest BCUT2D eigenvalue weighted by Crippen LogP contribution is -2.39. The largest absolute Gasteiger partial charge is 0.355 e. The van der Waals surface area contributed by atoms with E-state index in [1.54, 1.807) is 6.92 Å². The summed E-state index contributed by atoms with van der Waals surface area (Å²) in [5.74, 6) is 0.0450. The van der Waals surface area contributed by atoms with Crippen LogP contribution >= 0.6 is 11.3 Å². The van der Waals surface area contributed by atoms with Gasteiger partial charge in [-0.15, -0.1) is 11.3 Å². The van der Waals surface area contributed by atoms with Gasteiger partial charge in [0.25, 0.3) is 0 Å². The van der Waals surface area contributed by atoms with E-state index in [0.717, 1.165) is 25.2 Å². The lowest BCUT2D eigenvalue weighted by Gasteiger charge is -2.34. The van der Waals surface area contributed by atoms with Gasteiger partial charge in [-0.1, -0.05) is 18.6 Å². The highest BCUT2D eigenvalue weighted by Crippen LogP contribution is 2.35. The number of fused-ring (bicyclic) bond motifs is 1. The maximum atomic E-state index is 11.0. The third kappa shape index (κ3) is 3.41. The first-order chi connectivity index (χ1) is 10.2. The van der Waals surface area contributed by atoms with E-state index in [4.69, 9.17) is 4.98 Å². The fourth-order valence-electron chi connectivity index (χ4n) is 2.95. The predicted octanol–water partition coefficient (Wildman–Crippen LogP) is 2.96. The van der Waals surface area contributed by atoms with Crippen LogP contribution in [0.25, 0.3) is 10.2 Å². The molecule has 0 saturated carbocycles. The van der Waals surface area contributed by atoms with Crippen LogP contribution in [0.3, 0.4) is 0 Å². The van der Waals surface area contributed by atoms with Gasteiger partial charge in [-0.25, -0.2) is 4.98 Å². The molecule has 3 rings (SSSR count). The fraction of sp³-hybridized carbons (Fsp3) is 0.500. The van der Waals surface area contributed by atoms with E-state index in [1.807, 2.05) is 17.4 Å². The average molecular weight is 303 g/mol. The number of aromatic nitrogens is 1. The van der Waals surface area contributed by atoms with E-state index in [9.17, 15) is 4.79 Å². The number of hydrogen-bond acceptors (Lipinski definition) is 4. The van der Waals surface area contributed by atoms with Crippen LogP contribution in [-0.2, 0) is 4.79 Å². The normalized spacial score (nSPS) is 19.8. The highest BCUT2D eigenvalue weighted by molar-refractivity contribution is 7.18. The first-order valence-corrected chi connectivity index (χ1v) is 8.39. The van der Waals surface area contributed by atoms with E-state index >= 15 is 0 Å². The molecule has 4 nitrogen and oxygen atoms in total. The number of benzene rings is 1. The Labute approximate surface area is 129 Å². The molecule has 2 aromatic rings. The van der Waals surface area contributed by atoms with Crippen LogP contribution in [-0.4, -0.2) is 35.4 Å². The number of thiazole rings is 1. The van der Waals surface area contributed by atoms with Crippen LogP contribution in [0.1, 0.15) is 37.2 Å². The van der Waals surface area contributed by atoms with Crippen molar-refractivity contribution in [3.05, 3.63) is 29.3 Å². The van der Waals surface area contributed by atoms with Crippen LogP contribution in [0, 0.1) is 0 Å². The number of likely N-dealkylation sites (tertiary alicyclic amines) is 1. The fourth-order valence-corrected chi connectivity index (χ4v) is 4.08. The summed E-state index contributed by atoms with van der Waals surface area (Å²) in [6.07, 6.45) is 3.67. The first kappa shape index (κ1) is 14.5. The molecule has 1 aliphatic rings. The monoisotopic (exact) mass is 303 g/mol. The molecule has 1 N–H and O–H groups in total. The lowest BCUT2D eigenvalue weighted by atomic mass is 10.0. The minimum absolute atomic E-state index is 0.0450. The second kappa shape index (κ2) is 6.54. The molecule has 1 fully saturated rings. The van der Waals surface area contributed by atoms with E-state index in [-0.39, 0.29) is 5.91 Å². The van der Waals surface area contributed by atoms with Gasteiger partial charge >= 0.3 is 0 Å². The number of amides is 1. The number of carbonyl (C=O) groups is 1. The van der Waals surface area contributed by atoms with Gasteiger partial charge in [0.2, 0.25) is 5.91 Å². The summed E-state index contributed by atoms with van der Waals surface area (Å²) >= 11 is 1.81. The highest BCUT2D eigenvalue weighted by atomic mass is 32.1. The number of para-hydroxylation sites is 1. The zero-order chi connectivity index (χ0) is 14.7. The summed E-state index contributed by atoms with van der Waals surface area (Å²) in [6.45, 7) is 4.29. The molecule has 5 heteroatoms. The van der Waals surface area contributed by atoms with Crippen molar-refractivity contribution in [1.82, 2.24) is 15.2 Å². The lowest BCUT2D eigenvalue weighted by molar-refractivity contribution is -0.119. The topological polar surface area (TPSA) is 45.2 Å².